The summed E-state index contributed by atoms with van der Waals surface area (Å²) in [5.41, 5.74) is 16.2. The molecule has 1 rings (SSSR count). The molecule has 4 nitrogen and oxygen atoms in total. The maximum Gasteiger partial charge on any atom is 0.185 e. The Bertz CT molecular complexity index is 174. The molecule has 0 saturated heterocycles. The van der Waals surface area contributed by atoms with Gasteiger partial charge >= 0.3 is 0 Å². The van der Waals surface area contributed by atoms with Crippen molar-refractivity contribution in [1.29, 1.82) is 0 Å². The van der Waals surface area contributed by atoms with E-state index in [1.807, 2.05) is 0 Å². The molecular formula is C9H20N4. The van der Waals surface area contributed by atoms with E-state index >= 15 is 0 Å². The van der Waals surface area contributed by atoms with E-state index in [1.165, 1.54) is 25.7 Å². The monoisotopic (exact) mass is 184 g/mol. The van der Waals surface area contributed by atoms with Gasteiger partial charge in [0.25, 0.3) is 0 Å². The van der Waals surface area contributed by atoms with E-state index in [4.69, 9.17) is 17.2 Å². The predicted molar refractivity (Wildman–Crippen MR) is 55.2 cm³/mol. The van der Waals surface area contributed by atoms with Gasteiger partial charge in [0, 0.05) is 6.54 Å². The largest absolute Gasteiger partial charge is 0.370 e. The zero-order chi connectivity index (χ0) is 9.68. The Kier molecular flexibility index (Phi) is 4.02. The zero-order valence-corrected chi connectivity index (χ0v) is 8.08. The first kappa shape index (κ1) is 10.3. The van der Waals surface area contributed by atoms with Crippen LogP contribution in [0.4, 0.5) is 0 Å². The average Bonchev–Trinajstić information content (AvgIpc) is 2.15. The van der Waals surface area contributed by atoms with Crippen molar-refractivity contribution in [1.82, 2.24) is 0 Å². The van der Waals surface area contributed by atoms with Gasteiger partial charge in [-0.15, -0.1) is 0 Å². The van der Waals surface area contributed by atoms with Gasteiger partial charge in [-0.25, -0.2) is 0 Å². The molecule has 0 spiro atoms. The second-order valence-electron chi connectivity index (χ2n) is 3.90. The van der Waals surface area contributed by atoms with Gasteiger partial charge in [-0.2, -0.15) is 0 Å². The summed E-state index contributed by atoms with van der Waals surface area (Å²) in [5, 5.41) is 0. The van der Waals surface area contributed by atoms with Crippen molar-refractivity contribution in [3.05, 3.63) is 0 Å². The molecule has 13 heavy (non-hydrogen) atoms. The molecule has 0 aromatic rings. The number of hydrogen-bond acceptors (Lipinski definition) is 2. The Morgan fingerprint density at radius 3 is 2.54 bits per heavy atom. The van der Waals surface area contributed by atoms with Crippen LogP contribution in [0.3, 0.4) is 0 Å². The number of nitrogens with zero attached hydrogens (tertiary/aromatic N) is 1. The Labute approximate surface area is 79.6 Å². The molecule has 0 aromatic carbocycles. The fourth-order valence-electron chi connectivity index (χ4n) is 2.02. The van der Waals surface area contributed by atoms with Crippen LogP contribution in [-0.2, 0) is 0 Å². The maximum absolute atomic E-state index is 5.64. The Hall–Kier alpha value is -0.770. The molecule has 1 aliphatic carbocycles. The van der Waals surface area contributed by atoms with Crippen LogP contribution in [0, 0.1) is 11.8 Å². The minimum absolute atomic E-state index is 0.204. The molecule has 4 heteroatoms. The summed E-state index contributed by atoms with van der Waals surface area (Å²) in [7, 11) is 0. The smallest absolute Gasteiger partial charge is 0.185 e. The van der Waals surface area contributed by atoms with Crippen LogP contribution in [0.2, 0.25) is 0 Å². The molecule has 0 aliphatic heterocycles. The van der Waals surface area contributed by atoms with E-state index in [-0.39, 0.29) is 5.96 Å². The molecular weight excluding hydrogens is 164 g/mol. The first-order valence-electron chi connectivity index (χ1n) is 4.97. The van der Waals surface area contributed by atoms with Crippen LogP contribution in [0.5, 0.6) is 0 Å². The molecule has 0 aromatic heterocycles. The second-order valence-corrected chi connectivity index (χ2v) is 3.90. The fraction of sp³-hybridized carbons (Fsp3) is 0.889. The van der Waals surface area contributed by atoms with Crippen LogP contribution >= 0.6 is 0 Å². The van der Waals surface area contributed by atoms with Crippen molar-refractivity contribution < 1.29 is 0 Å². The second kappa shape index (κ2) is 5.07. The van der Waals surface area contributed by atoms with Crippen molar-refractivity contribution >= 4 is 5.96 Å². The lowest BCUT2D eigenvalue weighted by atomic mass is 9.81. The summed E-state index contributed by atoms with van der Waals surface area (Å²) >= 11 is 0. The van der Waals surface area contributed by atoms with Crippen LogP contribution in [0.15, 0.2) is 4.99 Å². The van der Waals surface area contributed by atoms with E-state index in [0.717, 1.165) is 13.1 Å². The van der Waals surface area contributed by atoms with Crippen molar-refractivity contribution in [2.75, 3.05) is 13.1 Å². The Morgan fingerprint density at radius 1 is 1.23 bits per heavy atom. The fourth-order valence-corrected chi connectivity index (χ4v) is 2.02. The van der Waals surface area contributed by atoms with Crippen LogP contribution < -0.4 is 17.2 Å². The van der Waals surface area contributed by atoms with Gasteiger partial charge in [-0.3, -0.25) is 4.99 Å². The minimum atomic E-state index is 0.204. The highest BCUT2D eigenvalue weighted by molar-refractivity contribution is 5.75. The van der Waals surface area contributed by atoms with E-state index in [2.05, 4.69) is 4.99 Å². The van der Waals surface area contributed by atoms with Crippen LogP contribution in [-0.4, -0.2) is 19.0 Å². The molecule has 2 unspecified atom stereocenters. The summed E-state index contributed by atoms with van der Waals surface area (Å²) < 4.78 is 0. The molecule has 6 N–H and O–H groups in total. The van der Waals surface area contributed by atoms with E-state index in [1.54, 1.807) is 0 Å². The van der Waals surface area contributed by atoms with E-state index in [9.17, 15) is 0 Å². The lowest BCUT2D eigenvalue weighted by Gasteiger charge is -2.26. The highest BCUT2D eigenvalue weighted by Crippen LogP contribution is 2.28. The normalized spacial score (nSPS) is 28.4. The molecule has 0 radical (unpaired) electrons. The lowest BCUT2D eigenvalue weighted by Crippen LogP contribution is -2.27. The van der Waals surface area contributed by atoms with Crippen molar-refractivity contribution in [2.45, 2.75) is 25.7 Å². The highest BCUT2D eigenvalue weighted by atomic mass is 15.0. The number of guanidine groups is 1. The van der Waals surface area contributed by atoms with Crippen LogP contribution in [0.1, 0.15) is 25.7 Å². The standard InChI is InChI=1S/C9H20N4/c10-5-7-2-1-3-8(4-7)6-13-9(11)12/h7-8H,1-6,10H2,(H4,11,12,13). The molecule has 0 heterocycles. The Morgan fingerprint density at radius 2 is 1.92 bits per heavy atom. The summed E-state index contributed by atoms with van der Waals surface area (Å²) in [5.74, 6) is 1.53. The van der Waals surface area contributed by atoms with Gasteiger partial charge in [0.2, 0.25) is 0 Å². The molecule has 1 fully saturated rings. The maximum atomic E-state index is 5.64. The van der Waals surface area contributed by atoms with Gasteiger partial charge in [0.15, 0.2) is 5.96 Å². The molecule has 1 aliphatic rings. The molecule has 0 bridgehead atoms. The lowest BCUT2D eigenvalue weighted by molar-refractivity contribution is 0.278. The van der Waals surface area contributed by atoms with Crippen LogP contribution in [0.25, 0.3) is 0 Å². The number of hydrogen-bond donors (Lipinski definition) is 3. The highest BCUT2D eigenvalue weighted by Gasteiger charge is 2.20. The van der Waals surface area contributed by atoms with Gasteiger partial charge in [0.05, 0.1) is 0 Å². The van der Waals surface area contributed by atoms with E-state index in [0.29, 0.717) is 11.8 Å². The van der Waals surface area contributed by atoms with Gasteiger partial charge < -0.3 is 17.2 Å². The SMILES string of the molecule is NCC1CCCC(CN=C(N)N)C1. The third-order valence-corrected chi connectivity index (χ3v) is 2.76. The predicted octanol–water partition coefficient (Wildman–Crippen LogP) is 0.0249. The summed E-state index contributed by atoms with van der Waals surface area (Å²) in [4.78, 5) is 4.05. The first-order chi connectivity index (χ1) is 6.22. The summed E-state index contributed by atoms with van der Waals surface area (Å²) in [6.45, 7) is 1.58. The van der Waals surface area contributed by atoms with Gasteiger partial charge in [-0.1, -0.05) is 6.42 Å². The number of rotatable bonds is 3. The van der Waals surface area contributed by atoms with E-state index < -0.39 is 0 Å². The number of nitrogens with two attached hydrogens (primary N) is 3. The van der Waals surface area contributed by atoms with Crippen molar-refractivity contribution in [3.63, 3.8) is 0 Å². The topological polar surface area (TPSA) is 90.4 Å². The quantitative estimate of drug-likeness (QED) is 0.427. The minimum Gasteiger partial charge on any atom is -0.370 e. The zero-order valence-electron chi connectivity index (χ0n) is 8.08. The number of aliphatic imine (C=N–C) groups is 1. The van der Waals surface area contributed by atoms with Gasteiger partial charge in [-0.05, 0) is 37.6 Å². The first-order valence-corrected chi connectivity index (χ1v) is 4.97. The molecule has 0 amide bonds. The van der Waals surface area contributed by atoms with Crippen molar-refractivity contribution in [3.8, 4) is 0 Å². The molecule has 2 atom stereocenters. The summed E-state index contributed by atoms with van der Waals surface area (Å²) in [6, 6.07) is 0. The molecule has 76 valence electrons. The Balaban J connectivity index is 2.30. The molecule has 1 saturated carbocycles. The summed E-state index contributed by atoms with van der Waals surface area (Å²) in [6.07, 6.45) is 4.97. The average molecular weight is 184 g/mol. The van der Waals surface area contributed by atoms with Crippen molar-refractivity contribution in [2.24, 2.45) is 34.0 Å². The van der Waals surface area contributed by atoms with Gasteiger partial charge in [0.1, 0.15) is 0 Å². The third-order valence-electron chi connectivity index (χ3n) is 2.76. The third kappa shape index (κ3) is 3.63.